The Hall–Kier alpha value is -0.740. The molecule has 0 aliphatic carbocycles. The fourth-order valence-corrected chi connectivity index (χ4v) is 0.329. The molecule has 0 aromatic rings. The zero-order valence-corrected chi connectivity index (χ0v) is 4.73. The molecule has 0 aromatic carbocycles. The van der Waals surface area contributed by atoms with E-state index in [0.717, 1.165) is 0 Å². The summed E-state index contributed by atoms with van der Waals surface area (Å²) < 4.78 is 0. The topological polar surface area (TPSA) is 74.6 Å². The molecule has 0 rings (SSSR count). The van der Waals surface area contributed by atoms with Gasteiger partial charge in [0.15, 0.2) is 6.29 Å². The zero-order valence-electron chi connectivity index (χ0n) is 4.73. The fraction of sp³-hybridized carbons (Fsp3) is 0.600. The molecule has 2 N–H and O–H groups in total. The third kappa shape index (κ3) is 2.94. The van der Waals surface area contributed by atoms with Crippen LogP contribution in [0.25, 0.3) is 0 Å². The average Bonchev–Trinajstić information content (AvgIpc) is 1.87. The van der Waals surface area contributed by atoms with Gasteiger partial charge in [-0.15, -0.1) is 0 Å². The van der Waals surface area contributed by atoms with Crippen LogP contribution in [0.15, 0.2) is 0 Å². The van der Waals surface area contributed by atoms with Crippen molar-refractivity contribution >= 4 is 12.6 Å². The predicted octanol–water partition coefficient (Wildman–Crippen LogP) is -1.50. The van der Waals surface area contributed by atoms with Gasteiger partial charge in [-0.3, -0.25) is 0 Å². The Morgan fingerprint density at radius 3 is 2.22 bits per heavy atom. The summed E-state index contributed by atoms with van der Waals surface area (Å²) >= 11 is 0. The molecular weight excluding hydrogens is 124 g/mol. The highest BCUT2D eigenvalue weighted by Gasteiger charge is 2.13. The number of carbonyl (C=O) groups excluding carboxylic acids is 2. The first-order valence-electron chi connectivity index (χ1n) is 2.47. The minimum Gasteiger partial charge on any atom is -0.390 e. The molecule has 0 aliphatic heterocycles. The second-order valence-corrected chi connectivity index (χ2v) is 1.60. The highest BCUT2D eigenvalue weighted by Crippen LogP contribution is 1.92. The first-order valence-corrected chi connectivity index (χ1v) is 2.47. The number of hydrogen-bond acceptors (Lipinski definition) is 4. The maximum absolute atomic E-state index is 9.70. The van der Waals surface area contributed by atoms with Crippen molar-refractivity contribution in [3.05, 3.63) is 0 Å². The van der Waals surface area contributed by atoms with Crippen molar-refractivity contribution in [2.45, 2.75) is 18.6 Å². The molecule has 0 saturated carbocycles. The summed E-state index contributed by atoms with van der Waals surface area (Å²) in [6.45, 7) is 0. The van der Waals surface area contributed by atoms with Gasteiger partial charge in [0.2, 0.25) is 0 Å². The summed E-state index contributed by atoms with van der Waals surface area (Å²) in [5.74, 6) is 0. The third-order valence-corrected chi connectivity index (χ3v) is 0.871. The van der Waals surface area contributed by atoms with Gasteiger partial charge < -0.3 is 19.8 Å². The van der Waals surface area contributed by atoms with E-state index in [9.17, 15) is 9.59 Å². The molecular formula is C5H8O4. The number of aldehydes is 2. The Balaban J connectivity index is 3.56. The van der Waals surface area contributed by atoms with E-state index in [1.807, 2.05) is 0 Å². The van der Waals surface area contributed by atoms with Gasteiger partial charge in [0.1, 0.15) is 12.4 Å². The molecule has 0 fully saturated rings. The van der Waals surface area contributed by atoms with Crippen LogP contribution in [0.4, 0.5) is 0 Å². The quantitative estimate of drug-likeness (QED) is 0.456. The molecule has 0 aliphatic rings. The van der Waals surface area contributed by atoms with Gasteiger partial charge >= 0.3 is 0 Å². The van der Waals surface area contributed by atoms with E-state index in [4.69, 9.17) is 10.2 Å². The molecule has 0 radical (unpaired) electrons. The van der Waals surface area contributed by atoms with E-state index < -0.39 is 12.2 Å². The Bertz CT molecular complexity index is 101. The van der Waals surface area contributed by atoms with Crippen LogP contribution in [0.3, 0.4) is 0 Å². The summed E-state index contributed by atoms with van der Waals surface area (Å²) in [5.41, 5.74) is 0. The Kier molecular flexibility index (Phi) is 3.83. The average molecular weight is 132 g/mol. The van der Waals surface area contributed by atoms with Crippen LogP contribution < -0.4 is 0 Å². The molecule has 4 heteroatoms. The molecule has 0 heterocycles. The molecule has 0 saturated heterocycles. The summed E-state index contributed by atoms with van der Waals surface area (Å²) in [6.07, 6.45) is -2.26. The smallest absolute Gasteiger partial charge is 0.151 e. The molecule has 2 atom stereocenters. The molecule has 0 amide bonds. The highest BCUT2D eigenvalue weighted by atomic mass is 16.3. The van der Waals surface area contributed by atoms with Crippen LogP contribution in [-0.2, 0) is 9.59 Å². The van der Waals surface area contributed by atoms with Gasteiger partial charge in [-0.1, -0.05) is 0 Å². The number of rotatable bonds is 4. The predicted molar refractivity (Wildman–Crippen MR) is 28.8 cm³/mol. The molecule has 0 bridgehead atoms. The van der Waals surface area contributed by atoms with E-state index in [-0.39, 0.29) is 12.7 Å². The molecule has 0 spiro atoms. The van der Waals surface area contributed by atoms with Gasteiger partial charge in [-0.05, 0) is 0 Å². The van der Waals surface area contributed by atoms with Gasteiger partial charge in [-0.2, -0.15) is 0 Å². The number of carbonyl (C=O) groups is 2. The Morgan fingerprint density at radius 1 is 1.33 bits per heavy atom. The lowest BCUT2D eigenvalue weighted by Gasteiger charge is -2.06. The molecule has 0 aromatic heterocycles. The van der Waals surface area contributed by atoms with Crippen LogP contribution in [0.1, 0.15) is 6.42 Å². The Labute approximate surface area is 52.1 Å². The van der Waals surface area contributed by atoms with Crippen molar-refractivity contribution in [3.63, 3.8) is 0 Å². The summed E-state index contributed by atoms with van der Waals surface area (Å²) in [4.78, 5) is 19.3. The van der Waals surface area contributed by atoms with E-state index in [0.29, 0.717) is 6.29 Å². The van der Waals surface area contributed by atoms with E-state index >= 15 is 0 Å². The van der Waals surface area contributed by atoms with Gasteiger partial charge in [-0.25, -0.2) is 0 Å². The zero-order chi connectivity index (χ0) is 7.28. The monoisotopic (exact) mass is 132 g/mol. The van der Waals surface area contributed by atoms with Crippen LogP contribution in [0.5, 0.6) is 0 Å². The molecule has 9 heavy (non-hydrogen) atoms. The SMILES string of the molecule is O=CCC(O)C(O)C=O. The first kappa shape index (κ1) is 8.26. The van der Waals surface area contributed by atoms with E-state index in [2.05, 4.69) is 0 Å². The highest BCUT2D eigenvalue weighted by molar-refractivity contribution is 5.59. The molecule has 2 unspecified atom stereocenters. The normalized spacial score (nSPS) is 16.2. The standard InChI is InChI=1S/C5H8O4/c6-2-1-4(8)5(9)3-7/h2-5,8-9H,1H2. The first-order chi connectivity index (χ1) is 4.22. The second-order valence-electron chi connectivity index (χ2n) is 1.60. The van der Waals surface area contributed by atoms with Crippen molar-refractivity contribution in [1.29, 1.82) is 0 Å². The Morgan fingerprint density at radius 2 is 1.89 bits per heavy atom. The van der Waals surface area contributed by atoms with Crippen LogP contribution in [0.2, 0.25) is 0 Å². The summed E-state index contributed by atoms with van der Waals surface area (Å²) in [5, 5.41) is 17.1. The lowest BCUT2D eigenvalue weighted by atomic mass is 10.2. The fourth-order valence-electron chi connectivity index (χ4n) is 0.329. The molecule has 4 nitrogen and oxygen atoms in total. The lowest BCUT2D eigenvalue weighted by molar-refractivity contribution is -0.122. The summed E-state index contributed by atoms with van der Waals surface area (Å²) in [7, 11) is 0. The van der Waals surface area contributed by atoms with E-state index in [1.165, 1.54) is 0 Å². The largest absolute Gasteiger partial charge is 0.390 e. The van der Waals surface area contributed by atoms with Crippen molar-refractivity contribution in [3.8, 4) is 0 Å². The van der Waals surface area contributed by atoms with Crippen molar-refractivity contribution < 1.29 is 19.8 Å². The van der Waals surface area contributed by atoms with Gasteiger partial charge in [0.25, 0.3) is 0 Å². The van der Waals surface area contributed by atoms with Crippen molar-refractivity contribution in [1.82, 2.24) is 0 Å². The van der Waals surface area contributed by atoms with Gasteiger partial charge in [0, 0.05) is 6.42 Å². The molecule has 52 valence electrons. The van der Waals surface area contributed by atoms with Crippen molar-refractivity contribution in [2.75, 3.05) is 0 Å². The maximum atomic E-state index is 9.70. The summed E-state index contributed by atoms with van der Waals surface area (Å²) in [6, 6.07) is 0. The number of aliphatic hydroxyl groups is 2. The third-order valence-electron chi connectivity index (χ3n) is 0.871. The van der Waals surface area contributed by atoms with Gasteiger partial charge in [0.05, 0.1) is 6.10 Å². The second kappa shape index (κ2) is 4.17. The number of hydrogen-bond donors (Lipinski definition) is 2. The number of aliphatic hydroxyl groups excluding tert-OH is 2. The van der Waals surface area contributed by atoms with Crippen molar-refractivity contribution in [2.24, 2.45) is 0 Å². The maximum Gasteiger partial charge on any atom is 0.151 e. The van der Waals surface area contributed by atoms with E-state index in [1.54, 1.807) is 0 Å². The van der Waals surface area contributed by atoms with Crippen LogP contribution in [0, 0.1) is 0 Å². The van der Waals surface area contributed by atoms with Crippen LogP contribution >= 0.6 is 0 Å². The lowest BCUT2D eigenvalue weighted by Crippen LogP contribution is -2.27. The van der Waals surface area contributed by atoms with Crippen LogP contribution in [-0.4, -0.2) is 35.0 Å². The minimum atomic E-state index is -1.44. The minimum absolute atomic E-state index is 0.189.